The molecule has 0 saturated carbocycles. The van der Waals surface area contributed by atoms with Gasteiger partial charge in [-0.25, -0.2) is 4.79 Å². The number of benzene rings is 1. The fraction of sp³-hybridized carbons (Fsp3) is 0.105. The van der Waals surface area contributed by atoms with E-state index in [4.69, 9.17) is 16.3 Å². The summed E-state index contributed by atoms with van der Waals surface area (Å²) in [6.07, 6.45) is -3.24. The van der Waals surface area contributed by atoms with Crippen LogP contribution in [0.3, 0.4) is 0 Å². The van der Waals surface area contributed by atoms with Crippen LogP contribution in [0.5, 0.6) is 10.8 Å². The van der Waals surface area contributed by atoms with Gasteiger partial charge in [0.1, 0.15) is 16.4 Å². The van der Waals surface area contributed by atoms with Crippen LogP contribution in [0.1, 0.15) is 16.1 Å². The summed E-state index contributed by atoms with van der Waals surface area (Å²) in [5.74, 6) is -0.0260. The first-order valence-corrected chi connectivity index (χ1v) is 10.7. The van der Waals surface area contributed by atoms with Crippen LogP contribution in [0.4, 0.5) is 28.7 Å². The molecular formula is C19H13BrClF3N4O3S. The fourth-order valence-electron chi connectivity index (χ4n) is 2.41. The van der Waals surface area contributed by atoms with Gasteiger partial charge < -0.3 is 15.4 Å². The Hall–Kier alpha value is -2.83. The van der Waals surface area contributed by atoms with Gasteiger partial charge in [-0.1, -0.05) is 22.9 Å². The van der Waals surface area contributed by atoms with E-state index in [-0.39, 0.29) is 17.3 Å². The lowest BCUT2D eigenvalue weighted by Crippen LogP contribution is -2.19. The van der Waals surface area contributed by atoms with Crippen molar-refractivity contribution in [3.8, 4) is 10.8 Å². The van der Waals surface area contributed by atoms with Crippen molar-refractivity contribution in [1.82, 2.24) is 10.3 Å². The summed E-state index contributed by atoms with van der Waals surface area (Å²) in [4.78, 5) is 27.9. The molecule has 3 N–H and O–H groups in total. The predicted octanol–water partition coefficient (Wildman–Crippen LogP) is 6.37. The number of halogens is 5. The van der Waals surface area contributed by atoms with Gasteiger partial charge in [-0.05, 0) is 40.2 Å². The van der Waals surface area contributed by atoms with Gasteiger partial charge in [0.2, 0.25) is 0 Å². The minimum absolute atomic E-state index is 0.0816. The number of carbonyl (C=O) groups excluding carboxylic acids is 2. The largest absolute Gasteiger partial charge is 0.446 e. The number of pyridine rings is 1. The van der Waals surface area contributed by atoms with Crippen molar-refractivity contribution in [3.05, 3.63) is 63.3 Å². The molecule has 32 heavy (non-hydrogen) atoms. The second kappa shape index (κ2) is 9.76. The van der Waals surface area contributed by atoms with Crippen LogP contribution in [0.15, 0.2) is 47.1 Å². The maximum absolute atomic E-state index is 13.0. The standard InChI is InChI=1S/C19H13BrClF3N4O3S/c1-25-16(29)14-7-10(4-5-26-14)31-15-8-12(20)17(32-15)28-18(30)27-9-2-3-13(21)11(6-9)19(22,23)24/h2-8H,1H3,(H,25,29)(H2,27,28,30). The van der Waals surface area contributed by atoms with E-state index in [0.717, 1.165) is 23.5 Å². The Morgan fingerprint density at radius 3 is 2.59 bits per heavy atom. The molecule has 13 heteroatoms. The number of urea groups is 1. The van der Waals surface area contributed by atoms with E-state index < -0.39 is 22.8 Å². The van der Waals surface area contributed by atoms with Crippen LogP contribution in [-0.2, 0) is 6.18 Å². The van der Waals surface area contributed by atoms with E-state index in [9.17, 15) is 22.8 Å². The number of thiophene rings is 1. The Balaban J connectivity index is 1.69. The van der Waals surface area contributed by atoms with Crippen molar-refractivity contribution >= 4 is 61.5 Å². The summed E-state index contributed by atoms with van der Waals surface area (Å²) in [5, 5.41) is 7.57. The molecule has 3 amide bonds. The number of rotatable bonds is 5. The summed E-state index contributed by atoms with van der Waals surface area (Å²) in [6.45, 7) is 0. The van der Waals surface area contributed by atoms with Crippen molar-refractivity contribution in [2.24, 2.45) is 0 Å². The van der Waals surface area contributed by atoms with Gasteiger partial charge >= 0.3 is 12.2 Å². The SMILES string of the molecule is CNC(=O)c1cc(Oc2cc(Br)c(NC(=O)Nc3ccc(Cl)c(C(F)(F)F)c3)s2)ccn1. The summed E-state index contributed by atoms with van der Waals surface area (Å²) < 4.78 is 45.1. The summed E-state index contributed by atoms with van der Waals surface area (Å²) in [7, 11) is 1.48. The maximum Gasteiger partial charge on any atom is 0.417 e. The minimum Gasteiger partial charge on any atom is -0.446 e. The van der Waals surface area contributed by atoms with E-state index in [1.165, 1.54) is 25.4 Å². The second-order valence-electron chi connectivity index (χ2n) is 6.07. The van der Waals surface area contributed by atoms with Gasteiger partial charge in [0, 0.05) is 31.1 Å². The van der Waals surface area contributed by atoms with E-state index in [0.29, 0.717) is 20.3 Å². The highest BCUT2D eigenvalue weighted by Gasteiger charge is 2.33. The number of ether oxygens (including phenoxy) is 1. The zero-order chi connectivity index (χ0) is 23.5. The Kier molecular flexibility index (Phi) is 7.26. The van der Waals surface area contributed by atoms with Crippen molar-refractivity contribution in [2.45, 2.75) is 6.18 Å². The fourth-order valence-corrected chi connectivity index (χ4v) is 4.15. The van der Waals surface area contributed by atoms with E-state index in [2.05, 4.69) is 36.9 Å². The van der Waals surface area contributed by atoms with Crippen LogP contribution in [0.2, 0.25) is 5.02 Å². The number of amides is 3. The molecule has 0 aliphatic rings. The normalized spacial score (nSPS) is 11.1. The number of nitrogens with zero attached hydrogens (tertiary/aromatic N) is 1. The quantitative estimate of drug-likeness (QED) is 0.345. The van der Waals surface area contributed by atoms with Gasteiger partial charge in [0.15, 0.2) is 5.06 Å². The van der Waals surface area contributed by atoms with Crippen molar-refractivity contribution < 1.29 is 27.5 Å². The number of carbonyl (C=O) groups is 2. The summed E-state index contributed by atoms with van der Waals surface area (Å²) in [5.41, 5.74) is -0.972. The number of aromatic nitrogens is 1. The minimum atomic E-state index is -4.65. The highest BCUT2D eigenvalue weighted by atomic mass is 79.9. The molecule has 0 radical (unpaired) electrons. The Bertz CT molecular complexity index is 1170. The molecule has 0 unspecified atom stereocenters. The zero-order valence-electron chi connectivity index (χ0n) is 16.0. The number of nitrogens with one attached hydrogen (secondary N) is 3. The summed E-state index contributed by atoms with van der Waals surface area (Å²) >= 11 is 9.93. The Morgan fingerprint density at radius 1 is 1.16 bits per heavy atom. The number of anilines is 2. The molecule has 0 aliphatic heterocycles. The number of hydrogen-bond acceptors (Lipinski definition) is 5. The first-order chi connectivity index (χ1) is 15.1. The van der Waals surface area contributed by atoms with Gasteiger partial charge in [-0.3, -0.25) is 15.1 Å². The van der Waals surface area contributed by atoms with Crippen LogP contribution in [0.25, 0.3) is 0 Å². The van der Waals surface area contributed by atoms with Gasteiger partial charge in [0.25, 0.3) is 5.91 Å². The first kappa shape index (κ1) is 23.8. The molecule has 168 valence electrons. The first-order valence-electron chi connectivity index (χ1n) is 8.67. The molecule has 3 aromatic rings. The monoisotopic (exact) mass is 548 g/mol. The molecule has 0 fully saturated rings. The average molecular weight is 550 g/mol. The van der Waals surface area contributed by atoms with Gasteiger partial charge in [-0.15, -0.1) is 0 Å². The van der Waals surface area contributed by atoms with Gasteiger partial charge in [0.05, 0.1) is 15.1 Å². The van der Waals surface area contributed by atoms with Crippen molar-refractivity contribution in [1.29, 1.82) is 0 Å². The second-order valence-corrected chi connectivity index (χ2v) is 8.35. The lowest BCUT2D eigenvalue weighted by molar-refractivity contribution is -0.137. The van der Waals surface area contributed by atoms with Crippen LogP contribution >= 0.6 is 38.9 Å². The van der Waals surface area contributed by atoms with Crippen molar-refractivity contribution in [2.75, 3.05) is 17.7 Å². The maximum atomic E-state index is 13.0. The number of alkyl halides is 3. The smallest absolute Gasteiger partial charge is 0.417 e. The lowest BCUT2D eigenvalue weighted by atomic mass is 10.2. The number of hydrogen-bond donors (Lipinski definition) is 3. The molecule has 0 aliphatic carbocycles. The van der Waals surface area contributed by atoms with E-state index in [1.807, 2.05) is 0 Å². The third-order valence-corrected chi connectivity index (χ3v) is 5.98. The molecule has 2 aromatic heterocycles. The van der Waals surface area contributed by atoms with Crippen LogP contribution in [0, 0.1) is 0 Å². The predicted molar refractivity (Wildman–Crippen MR) is 119 cm³/mol. The summed E-state index contributed by atoms with van der Waals surface area (Å²) in [6, 6.07) is 6.87. The average Bonchev–Trinajstić information content (AvgIpc) is 3.06. The molecular weight excluding hydrogens is 537 g/mol. The molecule has 3 rings (SSSR count). The molecule has 7 nitrogen and oxygen atoms in total. The van der Waals surface area contributed by atoms with E-state index in [1.54, 1.807) is 12.1 Å². The van der Waals surface area contributed by atoms with Gasteiger partial charge in [-0.2, -0.15) is 13.2 Å². The molecule has 2 heterocycles. The molecule has 1 aromatic carbocycles. The molecule has 0 spiro atoms. The highest BCUT2D eigenvalue weighted by molar-refractivity contribution is 9.10. The van der Waals surface area contributed by atoms with Crippen LogP contribution in [-0.4, -0.2) is 24.0 Å². The van der Waals surface area contributed by atoms with Crippen LogP contribution < -0.4 is 20.7 Å². The topological polar surface area (TPSA) is 92.4 Å². The molecule has 0 saturated heterocycles. The highest BCUT2D eigenvalue weighted by Crippen LogP contribution is 2.40. The Labute approximate surface area is 197 Å². The van der Waals surface area contributed by atoms with E-state index >= 15 is 0 Å². The van der Waals surface area contributed by atoms with Crippen molar-refractivity contribution in [3.63, 3.8) is 0 Å². The third kappa shape index (κ3) is 5.90. The Morgan fingerprint density at radius 2 is 1.91 bits per heavy atom. The molecule has 0 atom stereocenters. The molecule has 0 bridgehead atoms. The third-order valence-electron chi connectivity index (χ3n) is 3.83. The zero-order valence-corrected chi connectivity index (χ0v) is 19.2. The lowest BCUT2D eigenvalue weighted by Gasteiger charge is -2.12.